The molecule has 0 atom stereocenters. The molecule has 0 aliphatic carbocycles. The van der Waals surface area contributed by atoms with Crippen LogP contribution in [-0.4, -0.2) is 23.6 Å². The highest BCUT2D eigenvalue weighted by atomic mass is 16.6. The number of primary amides is 1. The highest BCUT2D eigenvalue weighted by Crippen LogP contribution is 2.25. The average Bonchev–Trinajstić information content (AvgIpc) is 2.85. The summed E-state index contributed by atoms with van der Waals surface area (Å²) in [5.74, 6) is -0.400. The van der Waals surface area contributed by atoms with Crippen LogP contribution in [-0.2, 0) is 22.7 Å². The van der Waals surface area contributed by atoms with Crippen molar-refractivity contribution < 1.29 is 9.63 Å². The first-order chi connectivity index (χ1) is 16.6. The van der Waals surface area contributed by atoms with Crippen LogP contribution in [0.2, 0.25) is 0 Å². The molecule has 6 nitrogen and oxygen atoms in total. The quantitative estimate of drug-likeness (QED) is 0.212. The predicted octanol–water partition coefficient (Wildman–Crippen LogP) is 4.30. The molecule has 0 saturated heterocycles. The van der Waals surface area contributed by atoms with Crippen molar-refractivity contribution in [3.63, 3.8) is 0 Å². The second kappa shape index (κ2) is 11.0. The number of pyridine rings is 1. The maximum atomic E-state index is 11.1. The Bertz CT molecular complexity index is 1360. The van der Waals surface area contributed by atoms with Crippen LogP contribution >= 0.6 is 0 Å². The van der Waals surface area contributed by atoms with E-state index < -0.39 is 5.91 Å². The minimum atomic E-state index is -0.400. The second-order valence-corrected chi connectivity index (χ2v) is 8.58. The van der Waals surface area contributed by atoms with Crippen LogP contribution in [0.3, 0.4) is 0 Å². The molecule has 0 aliphatic heterocycles. The zero-order valence-corrected chi connectivity index (χ0v) is 19.9. The molecule has 176 valence electrons. The number of hydrogen-bond donors (Lipinski definition) is 2. The molecule has 0 saturated carbocycles. The summed E-state index contributed by atoms with van der Waals surface area (Å²) in [6.45, 7) is 7.13. The second-order valence-electron chi connectivity index (χ2n) is 8.58. The van der Waals surface area contributed by atoms with E-state index in [1.807, 2.05) is 12.1 Å². The number of nitrogens with zero attached hydrogens (tertiary/aromatic N) is 2. The largest absolute Gasteiger partial charge is 0.395 e. The minimum Gasteiger partial charge on any atom is -0.395 e. The summed E-state index contributed by atoms with van der Waals surface area (Å²) in [7, 11) is 0. The van der Waals surface area contributed by atoms with Gasteiger partial charge in [0.15, 0.2) is 0 Å². The first kappa shape index (κ1) is 23.5. The van der Waals surface area contributed by atoms with Gasteiger partial charge in [0.05, 0.1) is 17.5 Å². The summed E-state index contributed by atoms with van der Waals surface area (Å²) in [4.78, 5) is 16.6. The standard InChI is InChI=1S/C28H32N4O2/c1-20-13-14-24-27(31-34-18-15-26(29)33)23-11-6-7-12-25(23)32(28(24)21(20)2)17-8-16-30-19-22-9-4-3-5-10-22/h3-7,9-14,30H,8,15-19H2,1-2H3,(H2,29,33). The van der Waals surface area contributed by atoms with Gasteiger partial charge in [-0.3, -0.25) is 4.79 Å². The van der Waals surface area contributed by atoms with Crippen molar-refractivity contribution in [2.75, 3.05) is 13.2 Å². The molecule has 1 aromatic heterocycles. The lowest BCUT2D eigenvalue weighted by Gasteiger charge is -2.19. The topological polar surface area (TPSA) is 81.6 Å². The number of nitrogens with one attached hydrogen (secondary N) is 1. The van der Waals surface area contributed by atoms with Crippen molar-refractivity contribution in [3.05, 3.63) is 88.8 Å². The number of nitrogens with two attached hydrogens (primary N) is 1. The number of amides is 1. The molecule has 0 aliphatic rings. The lowest BCUT2D eigenvalue weighted by Crippen LogP contribution is -2.19. The number of hydrogen-bond acceptors (Lipinski definition) is 4. The summed E-state index contributed by atoms with van der Waals surface area (Å²) in [6, 6.07) is 23.0. The van der Waals surface area contributed by atoms with E-state index in [0.717, 1.165) is 47.7 Å². The number of aryl methyl sites for hydroxylation is 3. The van der Waals surface area contributed by atoms with E-state index in [1.54, 1.807) is 0 Å². The Morgan fingerprint density at radius 2 is 1.76 bits per heavy atom. The Labute approximate surface area is 200 Å². The van der Waals surface area contributed by atoms with E-state index in [9.17, 15) is 4.79 Å². The number of fused-ring (bicyclic) bond motifs is 2. The molecule has 0 radical (unpaired) electrons. The minimum absolute atomic E-state index is 0.139. The third-order valence-corrected chi connectivity index (χ3v) is 6.18. The molecule has 1 heterocycles. The fourth-order valence-electron chi connectivity index (χ4n) is 4.29. The molecule has 4 aromatic rings. The van der Waals surface area contributed by atoms with Crippen LogP contribution < -0.4 is 16.4 Å². The molecule has 6 heteroatoms. The Morgan fingerprint density at radius 1 is 1.00 bits per heavy atom. The molecule has 0 unspecified atom stereocenters. The molecular formula is C28H32N4O2. The SMILES string of the molecule is Cc1ccc2c(=NOCCC(N)=O)c3ccccc3n(CCCNCc3ccccc3)c2c1C. The molecule has 4 rings (SSSR count). The number of para-hydroxylation sites is 1. The normalized spacial score (nSPS) is 11.9. The number of benzene rings is 3. The Kier molecular flexibility index (Phi) is 7.60. The van der Waals surface area contributed by atoms with Gasteiger partial charge in [-0.2, -0.15) is 0 Å². The van der Waals surface area contributed by atoms with E-state index in [4.69, 9.17) is 10.6 Å². The zero-order valence-electron chi connectivity index (χ0n) is 19.9. The summed E-state index contributed by atoms with van der Waals surface area (Å²) >= 11 is 0. The van der Waals surface area contributed by atoms with Crippen molar-refractivity contribution in [3.8, 4) is 0 Å². The van der Waals surface area contributed by atoms with E-state index in [0.29, 0.717) is 0 Å². The van der Waals surface area contributed by atoms with Gasteiger partial charge in [0.2, 0.25) is 5.91 Å². The van der Waals surface area contributed by atoms with Crippen molar-refractivity contribution in [2.45, 2.75) is 39.8 Å². The molecule has 3 aromatic carbocycles. The first-order valence-electron chi connectivity index (χ1n) is 11.8. The average molecular weight is 457 g/mol. The van der Waals surface area contributed by atoms with E-state index >= 15 is 0 Å². The van der Waals surface area contributed by atoms with Crippen LogP contribution in [0.15, 0.2) is 71.9 Å². The van der Waals surface area contributed by atoms with Crippen molar-refractivity contribution in [2.24, 2.45) is 10.9 Å². The van der Waals surface area contributed by atoms with Gasteiger partial charge in [0, 0.05) is 23.9 Å². The van der Waals surface area contributed by atoms with Crippen LogP contribution in [0.5, 0.6) is 0 Å². The predicted molar refractivity (Wildman–Crippen MR) is 137 cm³/mol. The fraction of sp³-hybridized carbons (Fsp3) is 0.286. The van der Waals surface area contributed by atoms with Gasteiger partial charge >= 0.3 is 0 Å². The number of rotatable bonds is 10. The summed E-state index contributed by atoms with van der Waals surface area (Å²) < 4.78 is 2.40. The molecule has 1 amide bonds. The Hall–Kier alpha value is -3.64. The Morgan fingerprint density at radius 3 is 2.56 bits per heavy atom. The highest BCUT2D eigenvalue weighted by molar-refractivity contribution is 5.95. The van der Waals surface area contributed by atoms with Crippen molar-refractivity contribution >= 4 is 27.7 Å². The van der Waals surface area contributed by atoms with E-state index in [2.05, 4.69) is 83.5 Å². The van der Waals surface area contributed by atoms with Crippen LogP contribution in [0.1, 0.15) is 29.5 Å². The van der Waals surface area contributed by atoms with Crippen LogP contribution in [0.4, 0.5) is 0 Å². The first-order valence-corrected chi connectivity index (χ1v) is 11.8. The summed E-state index contributed by atoms with van der Waals surface area (Å²) in [6.07, 6.45) is 1.13. The van der Waals surface area contributed by atoms with Gasteiger partial charge < -0.3 is 20.5 Å². The van der Waals surface area contributed by atoms with Gasteiger partial charge in [-0.25, -0.2) is 0 Å². The van der Waals surface area contributed by atoms with E-state index in [-0.39, 0.29) is 13.0 Å². The van der Waals surface area contributed by atoms with Crippen LogP contribution in [0, 0.1) is 13.8 Å². The third-order valence-electron chi connectivity index (χ3n) is 6.18. The zero-order chi connectivity index (χ0) is 23.9. The van der Waals surface area contributed by atoms with Gasteiger partial charge in [-0.1, -0.05) is 65.8 Å². The lowest BCUT2D eigenvalue weighted by molar-refractivity contribution is -0.119. The monoisotopic (exact) mass is 456 g/mol. The van der Waals surface area contributed by atoms with Crippen molar-refractivity contribution in [1.29, 1.82) is 0 Å². The number of carbonyl (C=O) groups is 1. The van der Waals surface area contributed by atoms with Crippen molar-refractivity contribution in [1.82, 2.24) is 9.88 Å². The van der Waals surface area contributed by atoms with Gasteiger partial charge in [0.25, 0.3) is 0 Å². The maximum absolute atomic E-state index is 11.1. The third kappa shape index (κ3) is 5.29. The molecule has 0 bridgehead atoms. The van der Waals surface area contributed by atoms with Gasteiger partial charge in [-0.15, -0.1) is 0 Å². The summed E-state index contributed by atoms with van der Waals surface area (Å²) in [5.41, 5.74) is 11.3. The molecular weight excluding hydrogens is 424 g/mol. The molecule has 0 spiro atoms. The smallest absolute Gasteiger partial charge is 0.220 e. The molecule has 34 heavy (non-hydrogen) atoms. The van der Waals surface area contributed by atoms with E-state index in [1.165, 1.54) is 22.2 Å². The molecule has 3 N–H and O–H groups in total. The maximum Gasteiger partial charge on any atom is 0.220 e. The van der Waals surface area contributed by atoms with Gasteiger partial charge in [0.1, 0.15) is 12.0 Å². The number of carbonyl (C=O) groups excluding carboxylic acids is 1. The summed E-state index contributed by atoms with van der Waals surface area (Å²) in [5, 5.41) is 10.9. The lowest BCUT2D eigenvalue weighted by atomic mass is 10.0. The Balaban J connectivity index is 1.68. The highest BCUT2D eigenvalue weighted by Gasteiger charge is 2.13. The fourth-order valence-corrected chi connectivity index (χ4v) is 4.29. The molecule has 0 fully saturated rings. The van der Waals surface area contributed by atoms with Crippen LogP contribution in [0.25, 0.3) is 21.8 Å². The van der Waals surface area contributed by atoms with Gasteiger partial charge in [-0.05, 0) is 49.6 Å². The number of aromatic nitrogens is 1.